The number of carbonyl (C=O) groups excluding carboxylic acids is 1. The van der Waals surface area contributed by atoms with Crippen molar-refractivity contribution in [2.75, 3.05) is 34.8 Å². The van der Waals surface area contributed by atoms with Crippen molar-refractivity contribution in [3.8, 4) is 12.3 Å². The second-order valence-electron chi connectivity index (χ2n) is 6.47. The van der Waals surface area contributed by atoms with Crippen LogP contribution in [-0.2, 0) is 11.2 Å². The Balaban J connectivity index is 0.000000589. The smallest absolute Gasteiger partial charge is 0.414 e. The van der Waals surface area contributed by atoms with E-state index in [0.717, 1.165) is 5.69 Å². The van der Waals surface area contributed by atoms with Crippen molar-refractivity contribution in [1.82, 2.24) is 10.6 Å². The highest BCUT2D eigenvalue weighted by Gasteiger charge is 2.32. The summed E-state index contributed by atoms with van der Waals surface area (Å²) < 4.78 is 24.7. The number of terminal acetylenes is 1. The van der Waals surface area contributed by atoms with Crippen LogP contribution in [0.1, 0.15) is 12.1 Å². The first-order chi connectivity index (χ1) is 14.6. The van der Waals surface area contributed by atoms with Crippen molar-refractivity contribution in [1.29, 1.82) is 0 Å². The van der Waals surface area contributed by atoms with Crippen LogP contribution >= 0.6 is 15.9 Å². The van der Waals surface area contributed by atoms with Crippen molar-refractivity contribution in [3.63, 3.8) is 0 Å². The molecule has 1 N–H and O–H groups in total. The predicted molar refractivity (Wildman–Crippen MR) is 115 cm³/mol. The standard InChI is InChI=1S/C17H18FN5O3.C3H3Br/c18-15-9-13(2-4-16(15)22-7-6-19-20-11-22)23-10-14(26-17(23)24)3-1-12-5-8-25-21-12;1-2-3-4/h2,4-5,8-9,11,14,19H,1,3,6-7,10H2;1H,3H2/t14-;/m0./s1. The number of ether oxygens (including phenoxy) is 1. The number of nitrogens with one attached hydrogen (secondary N) is 1. The van der Waals surface area contributed by atoms with Gasteiger partial charge in [-0.1, -0.05) is 27.0 Å². The van der Waals surface area contributed by atoms with E-state index in [9.17, 15) is 9.18 Å². The molecule has 0 spiro atoms. The third-order valence-corrected chi connectivity index (χ3v) is 4.79. The molecule has 1 atom stereocenters. The fourth-order valence-corrected chi connectivity index (χ4v) is 3.04. The van der Waals surface area contributed by atoms with Crippen LogP contribution in [0.25, 0.3) is 0 Å². The third kappa shape index (κ3) is 5.51. The van der Waals surface area contributed by atoms with E-state index in [2.05, 4.69) is 37.5 Å². The molecule has 8 nitrogen and oxygen atoms in total. The van der Waals surface area contributed by atoms with Crippen LogP contribution in [0, 0.1) is 18.2 Å². The molecule has 0 bridgehead atoms. The Morgan fingerprint density at radius 3 is 2.87 bits per heavy atom. The molecule has 3 heterocycles. The molecule has 1 amide bonds. The highest BCUT2D eigenvalue weighted by Crippen LogP contribution is 2.28. The van der Waals surface area contributed by atoms with E-state index in [1.54, 1.807) is 29.4 Å². The van der Waals surface area contributed by atoms with Gasteiger partial charge in [0, 0.05) is 12.6 Å². The van der Waals surface area contributed by atoms with Gasteiger partial charge < -0.3 is 19.6 Å². The van der Waals surface area contributed by atoms with Crippen LogP contribution in [0.2, 0.25) is 0 Å². The number of benzene rings is 1. The molecule has 30 heavy (non-hydrogen) atoms. The topological polar surface area (TPSA) is 83.2 Å². The van der Waals surface area contributed by atoms with Gasteiger partial charge in [0.05, 0.1) is 35.5 Å². The van der Waals surface area contributed by atoms with Gasteiger partial charge in [-0.25, -0.2) is 9.18 Å². The Hall–Kier alpha value is -3.06. The minimum Gasteiger partial charge on any atom is -0.444 e. The molecule has 0 radical (unpaired) electrons. The van der Waals surface area contributed by atoms with Gasteiger partial charge in [0.1, 0.15) is 24.5 Å². The Morgan fingerprint density at radius 1 is 1.40 bits per heavy atom. The minimum atomic E-state index is -0.467. The van der Waals surface area contributed by atoms with Crippen molar-refractivity contribution in [2.45, 2.75) is 18.9 Å². The zero-order valence-corrected chi connectivity index (χ0v) is 17.7. The number of aryl methyl sites for hydroxylation is 1. The maximum absolute atomic E-state index is 14.5. The summed E-state index contributed by atoms with van der Waals surface area (Å²) >= 11 is 3.01. The van der Waals surface area contributed by atoms with E-state index in [4.69, 9.17) is 15.7 Å². The van der Waals surface area contributed by atoms with E-state index in [1.807, 2.05) is 0 Å². The summed E-state index contributed by atoms with van der Waals surface area (Å²) in [6, 6.07) is 6.50. The highest BCUT2D eigenvalue weighted by molar-refractivity contribution is 9.09. The van der Waals surface area contributed by atoms with Gasteiger partial charge in [0.2, 0.25) is 0 Å². The first-order valence-corrected chi connectivity index (χ1v) is 10.4. The highest BCUT2D eigenvalue weighted by atomic mass is 79.9. The number of aromatic nitrogens is 1. The van der Waals surface area contributed by atoms with E-state index in [1.165, 1.54) is 17.2 Å². The second kappa shape index (κ2) is 10.6. The summed E-state index contributed by atoms with van der Waals surface area (Å²) in [5.74, 6) is 1.94. The van der Waals surface area contributed by atoms with Crippen LogP contribution in [0.15, 0.2) is 40.2 Å². The molecule has 1 fully saturated rings. The summed E-state index contributed by atoms with van der Waals surface area (Å²) in [7, 11) is 0. The molecular weight excluding hydrogens is 457 g/mol. The summed E-state index contributed by atoms with van der Waals surface area (Å²) in [6.07, 6.45) is 8.34. The monoisotopic (exact) mass is 477 g/mol. The van der Waals surface area contributed by atoms with E-state index in [0.29, 0.717) is 49.2 Å². The number of halogens is 2. The first-order valence-electron chi connectivity index (χ1n) is 9.31. The Bertz CT molecular complexity index is 916. The number of carbonyl (C=O) groups is 1. The second-order valence-corrected chi connectivity index (χ2v) is 7.03. The number of hydrogen-bond acceptors (Lipinski definition) is 7. The van der Waals surface area contributed by atoms with Gasteiger partial charge in [0.15, 0.2) is 0 Å². The lowest BCUT2D eigenvalue weighted by atomic mass is 10.1. The largest absolute Gasteiger partial charge is 0.444 e. The number of hydrogen-bond donors (Lipinski definition) is 1. The average Bonchev–Trinajstić information content (AvgIpc) is 3.42. The number of amides is 1. The molecule has 4 rings (SSSR count). The zero-order chi connectivity index (χ0) is 21.3. The molecule has 2 aliphatic rings. The summed E-state index contributed by atoms with van der Waals surface area (Å²) in [5.41, 5.74) is 4.53. The van der Waals surface area contributed by atoms with Crippen molar-refractivity contribution < 1.29 is 18.4 Å². The van der Waals surface area contributed by atoms with Crippen LogP contribution < -0.4 is 15.2 Å². The normalized spacial score (nSPS) is 17.6. The quantitative estimate of drug-likeness (QED) is 0.526. The summed E-state index contributed by atoms with van der Waals surface area (Å²) in [4.78, 5) is 15.3. The average molecular weight is 478 g/mol. The number of alkyl halides is 1. The SMILES string of the molecule is C#CCBr.O=C1O[C@@H](CCc2ccon2)CN1c1ccc(N2C=NNCC2)c(F)c1. The van der Waals surface area contributed by atoms with Gasteiger partial charge in [-0.05, 0) is 31.0 Å². The van der Waals surface area contributed by atoms with Gasteiger partial charge in [0.25, 0.3) is 0 Å². The first kappa shape index (κ1) is 21.6. The zero-order valence-electron chi connectivity index (χ0n) is 16.1. The molecule has 10 heteroatoms. The molecular formula is C20H21BrFN5O3. The fourth-order valence-electron chi connectivity index (χ4n) is 3.04. The third-order valence-electron chi connectivity index (χ3n) is 4.47. The van der Waals surface area contributed by atoms with Gasteiger partial charge in [-0.3, -0.25) is 4.90 Å². The number of hydrazone groups is 1. The number of cyclic esters (lactones) is 1. The van der Waals surface area contributed by atoms with Crippen LogP contribution in [0.3, 0.4) is 0 Å². The molecule has 1 aromatic heterocycles. The van der Waals surface area contributed by atoms with E-state index in [-0.39, 0.29) is 6.10 Å². The van der Waals surface area contributed by atoms with Crippen LogP contribution in [-0.4, -0.2) is 48.7 Å². The molecule has 2 aliphatic heterocycles. The molecule has 0 saturated carbocycles. The summed E-state index contributed by atoms with van der Waals surface area (Å²) in [6.45, 7) is 1.64. The lowest BCUT2D eigenvalue weighted by molar-refractivity contribution is 0.136. The maximum atomic E-state index is 14.5. The fraction of sp³-hybridized carbons (Fsp3) is 0.350. The maximum Gasteiger partial charge on any atom is 0.414 e. The van der Waals surface area contributed by atoms with Crippen molar-refractivity contribution in [3.05, 3.63) is 42.0 Å². The van der Waals surface area contributed by atoms with Gasteiger partial charge >= 0.3 is 6.09 Å². The molecule has 1 saturated heterocycles. The lowest BCUT2D eigenvalue weighted by Gasteiger charge is -2.24. The van der Waals surface area contributed by atoms with Crippen molar-refractivity contribution in [2.24, 2.45) is 5.10 Å². The number of rotatable bonds is 5. The van der Waals surface area contributed by atoms with Gasteiger partial charge in [-0.2, -0.15) is 5.10 Å². The molecule has 158 valence electrons. The number of nitrogens with zero attached hydrogens (tertiary/aromatic N) is 4. The minimum absolute atomic E-state index is 0.262. The van der Waals surface area contributed by atoms with E-state index >= 15 is 0 Å². The molecule has 1 aromatic carbocycles. The van der Waals surface area contributed by atoms with Crippen molar-refractivity contribution >= 4 is 39.7 Å². The summed E-state index contributed by atoms with van der Waals surface area (Å²) in [5, 5.41) is 8.43. The Kier molecular flexibility index (Phi) is 7.68. The predicted octanol–water partition coefficient (Wildman–Crippen LogP) is 3.14. The number of anilines is 2. The van der Waals surface area contributed by atoms with E-state index < -0.39 is 11.9 Å². The molecule has 2 aromatic rings. The lowest BCUT2D eigenvalue weighted by Crippen LogP contribution is -2.35. The Morgan fingerprint density at radius 2 is 2.23 bits per heavy atom. The molecule has 0 unspecified atom stereocenters. The molecule has 0 aliphatic carbocycles. The van der Waals surface area contributed by atoms with Crippen LogP contribution in [0.4, 0.5) is 20.6 Å². The Labute approximate surface area is 182 Å². The van der Waals surface area contributed by atoms with Crippen LogP contribution in [0.5, 0.6) is 0 Å². The van der Waals surface area contributed by atoms with Gasteiger partial charge in [-0.15, -0.1) is 6.42 Å².